The number of thioether (sulfide) groups is 1. The summed E-state index contributed by atoms with van der Waals surface area (Å²) in [6.07, 6.45) is 0. The minimum absolute atomic E-state index is 0.0613. The summed E-state index contributed by atoms with van der Waals surface area (Å²) in [6.45, 7) is 3.17. The summed E-state index contributed by atoms with van der Waals surface area (Å²) in [5.41, 5.74) is 0.423. The molecule has 0 spiro atoms. The summed E-state index contributed by atoms with van der Waals surface area (Å²) in [5.74, 6) is -1.11. The van der Waals surface area contributed by atoms with Crippen LogP contribution in [0.1, 0.15) is 19.4 Å². The molecular weight excluding hydrogens is 251 g/mol. The van der Waals surface area contributed by atoms with Gasteiger partial charge < -0.3 is 5.11 Å². The zero-order chi connectivity index (χ0) is 12.3. The van der Waals surface area contributed by atoms with Crippen molar-refractivity contribution in [2.24, 2.45) is 0 Å². The third-order valence-corrected chi connectivity index (χ3v) is 3.78. The highest BCUT2D eigenvalue weighted by atomic mass is 35.5. The Hall–Kier alpha value is -0.740. The highest BCUT2D eigenvalue weighted by Gasteiger charge is 2.27. The summed E-state index contributed by atoms with van der Waals surface area (Å²) in [5, 5.41) is 8.96. The average molecular weight is 263 g/mol. The molecule has 0 atom stereocenters. The van der Waals surface area contributed by atoms with Crippen molar-refractivity contribution < 1.29 is 14.3 Å². The second-order valence-corrected chi connectivity index (χ2v) is 5.82. The van der Waals surface area contributed by atoms with E-state index in [0.717, 1.165) is 11.8 Å². The monoisotopic (exact) mass is 262 g/mol. The quantitative estimate of drug-likeness (QED) is 0.901. The predicted octanol–water partition coefficient (Wildman–Crippen LogP) is 3.58. The minimum Gasteiger partial charge on any atom is -0.480 e. The lowest BCUT2D eigenvalue weighted by Gasteiger charge is -2.18. The van der Waals surface area contributed by atoms with Crippen molar-refractivity contribution in [1.29, 1.82) is 0 Å². The molecule has 1 aromatic carbocycles. The van der Waals surface area contributed by atoms with E-state index < -0.39 is 16.5 Å². The molecule has 2 nitrogen and oxygen atoms in total. The van der Waals surface area contributed by atoms with Gasteiger partial charge in [0.05, 0.1) is 5.02 Å². The third kappa shape index (κ3) is 3.12. The lowest BCUT2D eigenvalue weighted by Crippen LogP contribution is -2.27. The van der Waals surface area contributed by atoms with Gasteiger partial charge in [-0.15, -0.1) is 11.8 Å². The van der Waals surface area contributed by atoms with Crippen LogP contribution < -0.4 is 0 Å². The lowest BCUT2D eigenvalue weighted by molar-refractivity contribution is -0.138. The molecular formula is C11H12ClFO2S. The third-order valence-electron chi connectivity index (χ3n) is 2.14. The fourth-order valence-corrected chi connectivity index (χ4v) is 2.04. The molecule has 0 saturated heterocycles. The molecule has 88 valence electrons. The zero-order valence-electron chi connectivity index (χ0n) is 8.96. The van der Waals surface area contributed by atoms with Crippen LogP contribution in [0.3, 0.4) is 0 Å². The van der Waals surface area contributed by atoms with E-state index in [1.165, 1.54) is 6.07 Å². The lowest BCUT2D eigenvalue weighted by atomic mass is 10.2. The molecule has 0 amide bonds. The van der Waals surface area contributed by atoms with Crippen LogP contribution in [0.25, 0.3) is 0 Å². The number of hydrogen-bond acceptors (Lipinski definition) is 2. The predicted molar refractivity (Wildman–Crippen MR) is 64.4 cm³/mol. The standard InChI is InChI=1S/C11H12ClFO2S/c1-11(2,10(14)15)16-6-7-4-3-5-8(12)9(7)13/h3-5H,6H2,1-2H3,(H,14,15). The van der Waals surface area contributed by atoms with E-state index in [1.54, 1.807) is 26.0 Å². The second kappa shape index (κ2) is 5.06. The Morgan fingerprint density at radius 3 is 2.75 bits per heavy atom. The molecule has 0 aliphatic heterocycles. The van der Waals surface area contributed by atoms with Crippen molar-refractivity contribution >= 4 is 29.3 Å². The highest BCUT2D eigenvalue weighted by molar-refractivity contribution is 8.00. The molecule has 0 heterocycles. The maximum Gasteiger partial charge on any atom is 0.319 e. The van der Waals surface area contributed by atoms with Crippen LogP contribution in [0.4, 0.5) is 4.39 Å². The maximum absolute atomic E-state index is 13.5. The van der Waals surface area contributed by atoms with Crippen LogP contribution in [0.2, 0.25) is 5.02 Å². The number of carboxylic acid groups (broad SMARTS) is 1. The Morgan fingerprint density at radius 1 is 1.56 bits per heavy atom. The van der Waals surface area contributed by atoms with Gasteiger partial charge in [-0.2, -0.15) is 0 Å². The molecule has 0 aromatic heterocycles. The van der Waals surface area contributed by atoms with Crippen LogP contribution >= 0.6 is 23.4 Å². The highest BCUT2D eigenvalue weighted by Crippen LogP contribution is 2.30. The van der Waals surface area contributed by atoms with Gasteiger partial charge in [0.2, 0.25) is 0 Å². The largest absolute Gasteiger partial charge is 0.480 e. The number of carboxylic acids is 1. The molecule has 5 heteroatoms. The molecule has 1 aromatic rings. The topological polar surface area (TPSA) is 37.3 Å². The fraction of sp³-hybridized carbons (Fsp3) is 0.364. The van der Waals surface area contributed by atoms with Crippen LogP contribution in [0.5, 0.6) is 0 Å². The number of benzene rings is 1. The Morgan fingerprint density at radius 2 is 2.19 bits per heavy atom. The minimum atomic E-state index is -0.936. The van der Waals surface area contributed by atoms with E-state index in [9.17, 15) is 9.18 Å². The number of carbonyl (C=O) groups is 1. The zero-order valence-corrected chi connectivity index (χ0v) is 10.5. The summed E-state index contributed by atoms with van der Waals surface area (Å²) < 4.78 is 12.5. The molecule has 0 aliphatic carbocycles. The Kier molecular flexibility index (Phi) is 4.21. The summed E-state index contributed by atoms with van der Waals surface area (Å²) in [7, 11) is 0. The summed E-state index contributed by atoms with van der Waals surface area (Å²) in [6, 6.07) is 4.72. The number of hydrogen-bond donors (Lipinski definition) is 1. The summed E-state index contributed by atoms with van der Waals surface area (Å²) in [4.78, 5) is 10.9. The molecule has 0 radical (unpaired) electrons. The Bertz CT molecular complexity index is 407. The van der Waals surface area contributed by atoms with Gasteiger partial charge in [-0.3, -0.25) is 4.79 Å². The molecule has 0 fully saturated rings. The first kappa shape index (κ1) is 13.3. The first-order valence-corrected chi connectivity index (χ1v) is 6.01. The maximum atomic E-state index is 13.5. The van der Waals surface area contributed by atoms with Gasteiger partial charge in [-0.1, -0.05) is 23.7 Å². The van der Waals surface area contributed by atoms with E-state index in [-0.39, 0.29) is 10.8 Å². The number of aliphatic carboxylic acids is 1. The first-order chi connectivity index (χ1) is 7.34. The SMILES string of the molecule is CC(C)(SCc1cccc(Cl)c1F)C(=O)O. The average Bonchev–Trinajstić information content (AvgIpc) is 2.20. The molecule has 0 saturated carbocycles. The van der Waals surface area contributed by atoms with Crippen molar-refractivity contribution in [2.75, 3.05) is 0 Å². The van der Waals surface area contributed by atoms with Crippen LogP contribution in [-0.2, 0) is 10.5 Å². The van der Waals surface area contributed by atoms with Gasteiger partial charge in [0.25, 0.3) is 0 Å². The van der Waals surface area contributed by atoms with E-state index in [4.69, 9.17) is 16.7 Å². The summed E-state index contributed by atoms with van der Waals surface area (Å²) >= 11 is 6.79. The van der Waals surface area contributed by atoms with Crippen LogP contribution in [0.15, 0.2) is 18.2 Å². The first-order valence-electron chi connectivity index (χ1n) is 4.65. The van der Waals surface area contributed by atoms with Gasteiger partial charge in [0.1, 0.15) is 10.6 Å². The molecule has 1 rings (SSSR count). The van der Waals surface area contributed by atoms with Gasteiger partial charge >= 0.3 is 5.97 Å². The molecule has 16 heavy (non-hydrogen) atoms. The smallest absolute Gasteiger partial charge is 0.319 e. The van der Waals surface area contributed by atoms with Gasteiger partial charge in [0.15, 0.2) is 0 Å². The molecule has 0 aliphatic rings. The van der Waals surface area contributed by atoms with Crippen LogP contribution in [-0.4, -0.2) is 15.8 Å². The normalized spacial score (nSPS) is 11.5. The van der Waals surface area contributed by atoms with Crippen molar-refractivity contribution in [3.63, 3.8) is 0 Å². The number of rotatable bonds is 4. The van der Waals surface area contributed by atoms with Crippen molar-refractivity contribution in [3.8, 4) is 0 Å². The van der Waals surface area contributed by atoms with E-state index in [0.29, 0.717) is 5.56 Å². The Labute approximate surface area is 103 Å². The van der Waals surface area contributed by atoms with Crippen LogP contribution in [0, 0.1) is 5.82 Å². The van der Waals surface area contributed by atoms with E-state index >= 15 is 0 Å². The van der Waals surface area contributed by atoms with Gasteiger partial charge in [0, 0.05) is 5.75 Å². The van der Waals surface area contributed by atoms with E-state index in [2.05, 4.69) is 0 Å². The second-order valence-electron chi connectivity index (χ2n) is 3.82. The van der Waals surface area contributed by atoms with Crippen molar-refractivity contribution in [2.45, 2.75) is 24.3 Å². The molecule has 0 unspecified atom stereocenters. The van der Waals surface area contributed by atoms with Gasteiger partial charge in [-0.05, 0) is 25.5 Å². The van der Waals surface area contributed by atoms with E-state index in [1.807, 2.05) is 0 Å². The van der Waals surface area contributed by atoms with Gasteiger partial charge in [-0.25, -0.2) is 4.39 Å². The van der Waals surface area contributed by atoms with Crippen molar-refractivity contribution in [3.05, 3.63) is 34.6 Å². The number of halogens is 2. The van der Waals surface area contributed by atoms with Crippen molar-refractivity contribution in [1.82, 2.24) is 0 Å². The molecule has 1 N–H and O–H groups in total. The fourth-order valence-electron chi connectivity index (χ4n) is 0.980. The molecule has 0 bridgehead atoms. The Balaban J connectivity index is 2.76.